The van der Waals surface area contributed by atoms with Crippen LogP contribution in [0.2, 0.25) is 0 Å². The summed E-state index contributed by atoms with van der Waals surface area (Å²) in [5.41, 5.74) is 9.22. The summed E-state index contributed by atoms with van der Waals surface area (Å²) >= 11 is 2.32. The number of halogens is 1. The molecule has 0 saturated heterocycles. The van der Waals surface area contributed by atoms with Gasteiger partial charge in [-0.3, -0.25) is 4.79 Å². The Morgan fingerprint density at radius 3 is 2.47 bits per heavy atom. The molecule has 0 aliphatic rings. The molecule has 2 aromatic rings. The maximum atomic E-state index is 11.0. The molecule has 0 atom stereocenters. The molecule has 0 spiro atoms. The Hall–Kier alpha value is -1.56. The minimum atomic E-state index is -0.396. The van der Waals surface area contributed by atoms with E-state index in [1.807, 2.05) is 12.1 Å². The minimum absolute atomic E-state index is 0.396. The quantitative estimate of drug-likeness (QED) is 0.816. The number of rotatable bonds is 4. The van der Waals surface area contributed by atoms with Gasteiger partial charge < -0.3 is 11.1 Å². The van der Waals surface area contributed by atoms with Crippen LogP contribution in [0.25, 0.3) is 0 Å². The van der Waals surface area contributed by atoms with Crippen LogP contribution in [0.5, 0.6) is 0 Å². The van der Waals surface area contributed by atoms with Crippen LogP contribution in [0.15, 0.2) is 42.5 Å². The normalized spacial score (nSPS) is 10.2. The number of benzene rings is 2. The zero-order valence-electron chi connectivity index (χ0n) is 10.6. The summed E-state index contributed by atoms with van der Waals surface area (Å²) < 4.78 is 1.24. The van der Waals surface area contributed by atoms with Crippen molar-refractivity contribution in [3.63, 3.8) is 0 Å². The summed E-state index contributed by atoms with van der Waals surface area (Å²) in [4.78, 5) is 11.0. The lowest BCUT2D eigenvalue weighted by Gasteiger charge is -2.08. The van der Waals surface area contributed by atoms with Crippen molar-refractivity contribution < 1.29 is 4.79 Å². The van der Waals surface area contributed by atoms with Crippen LogP contribution in [-0.2, 0) is 6.54 Å². The van der Waals surface area contributed by atoms with Crippen LogP contribution in [0, 0.1) is 10.5 Å². The van der Waals surface area contributed by atoms with E-state index in [-0.39, 0.29) is 0 Å². The molecule has 0 aliphatic heterocycles. The van der Waals surface area contributed by atoms with Gasteiger partial charge in [-0.1, -0.05) is 18.2 Å². The molecule has 2 rings (SSSR count). The lowest BCUT2D eigenvalue weighted by Crippen LogP contribution is -2.10. The third-order valence-electron chi connectivity index (χ3n) is 2.91. The van der Waals surface area contributed by atoms with Crippen molar-refractivity contribution >= 4 is 34.2 Å². The molecule has 0 unspecified atom stereocenters. The van der Waals surface area contributed by atoms with E-state index in [0.29, 0.717) is 5.56 Å². The zero-order valence-corrected chi connectivity index (χ0v) is 12.8. The summed E-state index contributed by atoms with van der Waals surface area (Å²) in [6.45, 7) is 2.81. The highest BCUT2D eigenvalue weighted by Gasteiger charge is 2.00. The molecule has 19 heavy (non-hydrogen) atoms. The van der Waals surface area contributed by atoms with Gasteiger partial charge in [0.25, 0.3) is 0 Å². The summed E-state index contributed by atoms with van der Waals surface area (Å²) in [5.74, 6) is -0.396. The molecule has 3 nitrogen and oxygen atoms in total. The van der Waals surface area contributed by atoms with E-state index in [0.717, 1.165) is 17.8 Å². The first-order valence-corrected chi connectivity index (χ1v) is 7.03. The topological polar surface area (TPSA) is 55.1 Å². The molecule has 0 bridgehead atoms. The van der Waals surface area contributed by atoms with Crippen molar-refractivity contribution in [1.29, 1.82) is 0 Å². The van der Waals surface area contributed by atoms with Gasteiger partial charge in [-0.05, 0) is 64.9 Å². The number of nitrogens with two attached hydrogens (primary N) is 1. The molecule has 0 radical (unpaired) electrons. The van der Waals surface area contributed by atoms with Crippen LogP contribution in [0.4, 0.5) is 5.69 Å². The fourth-order valence-corrected chi connectivity index (χ4v) is 2.21. The smallest absolute Gasteiger partial charge is 0.248 e. The predicted molar refractivity (Wildman–Crippen MR) is 86.2 cm³/mol. The molecule has 0 aliphatic carbocycles. The second-order valence-corrected chi connectivity index (χ2v) is 5.54. The van der Waals surface area contributed by atoms with E-state index in [1.54, 1.807) is 12.1 Å². The van der Waals surface area contributed by atoms with Gasteiger partial charge in [-0.25, -0.2) is 0 Å². The number of hydrogen-bond acceptors (Lipinski definition) is 2. The minimum Gasteiger partial charge on any atom is -0.381 e. The van der Waals surface area contributed by atoms with E-state index in [9.17, 15) is 4.79 Å². The number of amides is 1. The van der Waals surface area contributed by atoms with Gasteiger partial charge in [-0.15, -0.1) is 0 Å². The van der Waals surface area contributed by atoms with Gasteiger partial charge in [0.05, 0.1) is 0 Å². The van der Waals surface area contributed by atoms with Crippen LogP contribution in [0.1, 0.15) is 21.5 Å². The monoisotopic (exact) mass is 366 g/mol. The van der Waals surface area contributed by atoms with Gasteiger partial charge in [0.1, 0.15) is 0 Å². The lowest BCUT2D eigenvalue weighted by atomic mass is 10.1. The molecule has 2 aromatic carbocycles. The molecular weight excluding hydrogens is 351 g/mol. The van der Waals surface area contributed by atoms with Crippen molar-refractivity contribution in [3.05, 3.63) is 62.7 Å². The Bertz CT molecular complexity index is 594. The van der Waals surface area contributed by atoms with Crippen LogP contribution in [0.3, 0.4) is 0 Å². The number of primary amides is 1. The number of carbonyl (C=O) groups excluding carboxylic acids is 1. The number of anilines is 1. The Morgan fingerprint density at radius 1 is 1.21 bits per heavy atom. The SMILES string of the molecule is Cc1ccc(NCc2ccc(C(N)=O)cc2)cc1I. The Labute approximate surface area is 126 Å². The van der Waals surface area contributed by atoms with E-state index >= 15 is 0 Å². The maximum Gasteiger partial charge on any atom is 0.248 e. The fourth-order valence-electron chi connectivity index (χ4n) is 1.69. The van der Waals surface area contributed by atoms with Crippen LogP contribution in [-0.4, -0.2) is 5.91 Å². The molecule has 0 saturated carbocycles. The Balaban J connectivity index is 2.01. The largest absolute Gasteiger partial charge is 0.381 e. The predicted octanol–water partition coefficient (Wildman–Crippen LogP) is 3.31. The van der Waals surface area contributed by atoms with Gasteiger partial charge in [-0.2, -0.15) is 0 Å². The van der Waals surface area contributed by atoms with E-state index in [2.05, 4.69) is 53.0 Å². The first-order valence-electron chi connectivity index (χ1n) is 5.95. The molecule has 0 heterocycles. The highest BCUT2D eigenvalue weighted by molar-refractivity contribution is 14.1. The van der Waals surface area contributed by atoms with Crippen molar-refractivity contribution in [1.82, 2.24) is 0 Å². The highest BCUT2D eigenvalue weighted by atomic mass is 127. The first kappa shape index (κ1) is 13.9. The van der Waals surface area contributed by atoms with Crippen molar-refractivity contribution in [3.8, 4) is 0 Å². The van der Waals surface area contributed by atoms with E-state index in [4.69, 9.17) is 5.73 Å². The summed E-state index contributed by atoms with van der Waals surface area (Å²) in [7, 11) is 0. The molecule has 98 valence electrons. The highest BCUT2D eigenvalue weighted by Crippen LogP contribution is 2.17. The van der Waals surface area contributed by atoms with Gasteiger partial charge in [0.15, 0.2) is 0 Å². The average molecular weight is 366 g/mol. The van der Waals surface area contributed by atoms with Gasteiger partial charge >= 0.3 is 0 Å². The standard InChI is InChI=1S/C15H15IN2O/c1-10-2-7-13(8-14(10)16)18-9-11-3-5-12(6-4-11)15(17)19/h2-8,18H,9H2,1H3,(H2,17,19). The Morgan fingerprint density at radius 2 is 1.89 bits per heavy atom. The van der Waals surface area contributed by atoms with Crippen LogP contribution < -0.4 is 11.1 Å². The van der Waals surface area contributed by atoms with Crippen molar-refractivity contribution in [2.75, 3.05) is 5.32 Å². The molecule has 4 heteroatoms. The number of aryl methyl sites for hydroxylation is 1. The van der Waals surface area contributed by atoms with Crippen LogP contribution >= 0.6 is 22.6 Å². The Kier molecular flexibility index (Phi) is 4.42. The second kappa shape index (κ2) is 6.06. The fraction of sp³-hybridized carbons (Fsp3) is 0.133. The van der Waals surface area contributed by atoms with Gasteiger partial charge in [0, 0.05) is 21.4 Å². The van der Waals surface area contributed by atoms with Crippen molar-refractivity contribution in [2.24, 2.45) is 5.73 Å². The molecular formula is C15H15IN2O. The molecule has 1 amide bonds. The maximum absolute atomic E-state index is 11.0. The zero-order chi connectivity index (χ0) is 13.8. The first-order chi connectivity index (χ1) is 9.06. The van der Waals surface area contributed by atoms with Gasteiger partial charge in [0.2, 0.25) is 5.91 Å². The number of nitrogens with one attached hydrogen (secondary N) is 1. The molecule has 0 aromatic heterocycles. The van der Waals surface area contributed by atoms with E-state index in [1.165, 1.54) is 9.13 Å². The number of hydrogen-bond donors (Lipinski definition) is 2. The third-order valence-corrected chi connectivity index (χ3v) is 4.07. The van der Waals surface area contributed by atoms with E-state index < -0.39 is 5.91 Å². The summed E-state index contributed by atoms with van der Waals surface area (Å²) in [6.07, 6.45) is 0. The number of carbonyl (C=O) groups is 1. The third kappa shape index (κ3) is 3.70. The average Bonchev–Trinajstić information content (AvgIpc) is 2.40. The summed E-state index contributed by atoms with van der Waals surface area (Å²) in [6, 6.07) is 13.6. The summed E-state index contributed by atoms with van der Waals surface area (Å²) in [5, 5.41) is 3.36. The molecule has 0 fully saturated rings. The lowest BCUT2D eigenvalue weighted by molar-refractivity contribution is 0.100. The van der Waals surface area contributed by atoms with Crippen molar-refractivity contribution in [2.45, 2.75) is 13.5 Å². The second-order valence-electron chi connectivity index (χ2n) is 4.38. The molecule has 3 N–H and O–H groups in total.